The Morgan fingerprint density at radius 2 is 1.71 bits per heavy atom. The van der Waals surface area contributed by atoms with Crippen molar-refractivity contribution >= 4 is 27.6 Å². The van der Waals surface area contributed by atoms with Crippen LogP contribution in [0.15, 0.2) is 54.7 Å². The lowest BCUT2D eigenvalue weighted by Crippen LogP contribution is -1.96. The molecule has 0 aliphatic carbocycles. The quantitative estimate of drug-likeness (QED) is 0.418. The molecule has 0 aliphatic heterocycles. The molecule has 0 radical (unpaired) electrons. The van der Waals surface area contributed by atoms with Gasteiger partial charge in [-0.25, -0.2) is 4.79 Å². The average molecular weight is 319 g/mol. The largest absolute Gasteiger partial charge is 0.504 e. The molecule has 118 valence electrons. The Labute approximate surface area is 136 Å². The highest BCUT2D eigenvalue weighted by Gasteiger charge is 2.19. The third kappa shape index (κ3) is 1.91. The number of H-pyrrole nitrogens is 1. The first kappa shape index (κ1) is 14.1. The van der Waals surface area contributed by atoms with Crippen LogP contribution >= 0.6 is 0 Å². The highest BCUT2D eigenvalue weighted by molar-refractivity contribution is 6.12. The standard InChI is InChI=1S/C19H13NO4/c21-15-8-10-4-1-2-5-11(10)16(18(15)22)14-9-20-17-12(14)6-3-7-13(17)19(23)24/h1-9,20-22H,(H,23,24). The third-order valence-corrected chi connectivity index (χ3v) is 4.22. The summed E-state index contributed by atoms with van der Waals surface area (Å²) in [5.74, 6) is -1.47. The first-order valence-corrected chi connectivity index (χ1v) is 7.35. The number of fused-ring (bicyclic) bond motifs is 2. The molecule has 0 spiro atoms. The number of benzene rings is 3. The number of aromatic hydroxyl groups is 2. The van der Waals surface area contributed by atoms with E-state index < -0.39 is 5.97 Å². The van der Waals surface area contributed by atoms with Crippen LogP contribution in [0, 0.1) is 0 Å². The molecule has 0 amide bonds. The van der Waals surface area contributed by atoms with Crippen LogP contribution in [0.5, 0.6) is 11.5 Å². The van der Waals surface area contributed by atoms with Crippen molar-refractivity contribution in [2.24, 2.45) is 0 Å². The fraction of sp³-hybridized carbons (Fsp3) is 0. The zero-order valence-electron chi connectivity index (χ0n) is 12.4. The Hall–Kier alpha value is -3.47. The number of phenols is 2. The van der Waals surface area contributed by atoms with E-state index in [1.54, 1.807) is 18.3 Å². The first-order chi connectivity index (χ1) is 11.6. The van der Waals surface area contributed by atoms with Crippen LogP contribution in [0.1, 0.15) is 10.4 Å². The van der Waals surface area contributed by atoms with E-state index in [2.05, 4.69) is 4.98 Å². The molecule has 1 aromatic heterocycles. The summed E-state index contributed by atoms with van der Waals surface area (Å²) in [5, 5.41) is 32.0. The van der Waals surface area contributed by atoms with Crippen LogP contribution in [0.2, 0.25) is 0 Å². The Morgan fingerprint density at radius 3 is 2.50 bits per heavy atom. The topological polar surface area (TPSA) is 93.6 Å². The molecule has 0 saturated heterocycles. The van der Waals surface area contributed by atoms with Gasteiger partial charge in [0.2, 0.25) is 0 Å². The number of rotatable bonds is 2. The van der Waals surface area contributed by atoms with Gasteiger partial charge in [-0.05, 0) is 22.9 Å². The second kappa shape index (κ2) is 5.03. The molecular weight excluding hydrogens is 306 g/mol. The monoisotopic (exact) mass is 319 g/mol. The summed E-state index contributed by atoms with van der Waals surface area (Å²) >= 11 is 0. The number of carboxylic acid groups (broad SMARTS) is 1. The number of aromatic carboxylic acids is 1. The molecule has 0 unspecified atom stereocenters. The van der Waals surface area contributed by atoms with Crippen LogP contribution in [0.3, 0.4) is 0 Å². The summed E-state index contributed by atoms with van der Waals surface area (Å²) in [6.45, 7) is 0. The number of carbonyl (C=O) groups is 1. The van der Waals surface area contributed by atoms with Crippen molar-refractivity contribution in [2.75, 3.05) is 0 Å². The van der Waals surface area contributed by atoms with Crippen molar-refractivity contribution in [3.05, 3.63) is 60.3 Å². The van der Waals surface area contributed by atoms with Crippen LogP contribution in [-0.2, 0) is 0 Å². The second-order valence-electron chi connectivity index (χ2n) is 5.58. The number of phenolic OH excluding ortho intramolecular Hbond substituents is 2. The van der Waals surface area contributed by atoms with Crippen molar-refractivity contribution in [3.8, 4) is 22.6 Å². The number of aromatic nitrogens is 1. The lowest BCUT2D eigenvalue weighted by atomic mass is 9.95. The molecule has 1 heterocycles. The Kier molecular flexibility index (Phi) is 2.96. The number of hydrogen-bond donors (Lipinski definition) is 4. The Morgan fingerprint density at radius 1 is 0.958 bits per heavy atom. The smallest absolute Gasteiger partial charge is 0.337 e. The Balaban J connectivity index is 2.13. The lowest BCUT2D eigenvalue weighted by Gasteiger charge is -2.10. The predicted molar refractivity (Wildman–Crippen MR) is 91.5 cm³/mol. The van der Waals surface area contributed by atoms with Gasteiger partial charge >= 0.3 is 5.97 Å². The minimum Gasteiger partial charge on any atom is -0.504 e. The van der Waals surface area contributed by atoms with Gasteiger partial charge in [0.25, 0.3) is 0 Å². The van der Waals surface area contributed by atoms with Gasteiger partial charge in [0.15, 0.2) is 11.5 Å². The van der Waals surface area contributed by atoms with Crippen LogP contribution in [0.4, 0.5) is 0 Å². The fourth-order valence-corrected chi connectivity index (χ4v) is 3.13. The van der Waals surface area contributed by atoms with Crippen molar-refractivity contribution in [1.29, 1.82) is 0 Å². The minimum atomic E-state index is -1.03. The van der Waals surface area contributed by atoms with E-state index in [0.29, 0.717) is 22.0 Å². The van der Waals surface area contributed by atoms with E-state index in [9.17, 15) is 20.1 Å². The van der Waals surface area contributed by atoms with Gasteiger partial charge in [0.1, 0.15) is 0 Å². The molecule has 5 nitrogen and oxygen atoms in total. The lowest BCUT2D eigenvalue weighted by molar-refractivity contribution is 0.0699. The molecule has 4 rings (SSSR count). The molecule has 3 aromatic carbocycles. The predicted octanol–water partition coefficient (Wildman–Crippen LogP) is 4.10. The summed E-state index contributed by atoms with van der Waals surface area (Å²) in [6.07, 6.45) is 1.65. The summed E-state index contributed by atoms with van der Waals surface area (Å²) < 4.78 is 0. The van der Waals surface area contributed by atoms with Gasteiger partial charge in [-0.15, -0.1) is 0 Å². The molecule has 0 atom stereocenters. The highest BCUT2D eigenvalue weighted by Crippen LogP contribution is 2.45. The second-order valence-corrected chi connectivity index (χ2v) is 5.58. The summed E-state index contributed by atoms with van der Waals surface area (Å²) in [4.78, 5) is 14.4. The maximum absolute atomic E-state index is 11.4. The van der Waals surface area contributed by atoms with Gasteiger partial charge in [-0.2, -0.15) is 0 Å². The highest BCUT2D eigenvalue weighted by atomic mass is 16.4. The zero-order chi connectivity index (χ0) is 16.8. The zero-order valence-corrected chi connectivity index (χ0v) is 12.4. The maximum atomic E-state index is 11.4. The molecule has 0 aliphatic rings. The van der Waals surface area contributed by atoms with Gasteiger partial charge < -0.3 is 20.3 Å². The number of carboxylic acids is 1. The van der Waals surface area contributed by atoms with E-state index in [0.717, 1.165) is 10.8 Å². The summed E-state index contributed by atoms with van der Waals surface area (Å²) in [6, 6.07) is 13.9. The molecule has 0 fully saturated rings. The molecule has 0 bridgehead atoms. The number of hydrogen-bond acceptors (Lipinski definition) is 3. The van der Waals surface area contributed by atoms with Gasteiger partial charge in [-0.1, -0.05) is 36.4 Å². The minimum absolute atomic E-state index is 0.155. The molecular formula is C19H13NO4. The van der Waals surface area contributed by atoms with Crippen molar-refractivity contribution < 1.29 is 20.1 Å². The first-order valence-electron chi connectivity index (χ1n) is 7.35. The number of aromatic amines is 1. The van der Waals surface area contributed by atoms with Crippen LogP contribution in [0.25, 0.3) is 32.8 Å². The van der Waals surface area contributed by atoms with Gasteiger partial charge in [0, 0.05) is 22.7 Å². The van der Waals surface area contributed by atoms with Crippen LogP contribution < -0.4 is 0 Å². The summed E-state index contributed by atoms with van der Waals surface area (Å²) in [5.41, 5.74) is 1.74. The maximum Gasteiger partial charge on any atom is 0.337 e. The number of para-hydroxylation sites is 1. The molecule has 24 heavy (non-hydrogen) atoms. The van der Waals surface area contributed by atoms with Crippen LogP contribution in [-0.4, -0.2) is 26.3 Å². The Bertz CT molecular complexity index is 1110. The SMILES string of the molecule is O=C(O)c1cccc2c(-c3c(O)c(O)cc4ccccc34)c[nH]c12. The van der Waals surface area contributed by atoms with Gasteiger partial charge in [-0.3, -0.25) is 0 Å². The van der Waals surface area contributed by atoms with E-state index in [1.165, 1.54) is 12.1 Å². The fourth-order valence-electron chi connectivity index (χ4n) is 3.13. The van der Waals surface area contributed by atoms with E-state index >= 15 is 0 Å². The van der Waals surface area contributed by atoms with E-state index in [-0.39, 0.29) is 17.1 Å². The molecule has 4 N–H and O–H groups in total. The van der Waals surface area contributed by atoms with Crippen molar-refractivity contribution in [3.63, 3.8) is 0 Å². The van der Waals surface area contributed by atoms with Crippen molar-refractivity contribution in [2.45, 2.75) is 0 Å². The third-order valence-electron chi connectivity index (χ3n) is 4.22. The van der Waals surface area contributed by atoms with Crippen molar-refractivity contribution in [1.82, 2.24) is 4.98 Å². The number of nitrogens with one attached hydrogen (secondary N) is 1. The molecule has 5 heteroatoms. The van der Waals surface area contributed by atoms with Gasteiger partial charge in [0.05, 0.1) is 11.1 Å². The molecule has 4 aromatic rings. The van der Waals surface area contributed by atoms with E-state index in [4.69, 9.17) is 0 Å². The average Bonchev–Trinajstić information content (AvgIpc) is 2.99. The normalized spacial score (nSPS) is 11.2. The van der Waals surface area contributed by atoms with E-state index in [1.807, 2.05) is 24.3 Å². The molecule has 0 saturated carbocycles. The summed E-state index contributed by atoms with van der Waals surface area (Å²) in [7, 11) is 0.